The number of hydrogen-bond donors (Lipinski definition) is 1. The smallest absolute Gasteiger partial charge is 0.339 e. The van der Waals surface area contributed by atoms with Crippen LogP contribution in [-0.4, -0.2) is 20.9 Å². The summed E-state index contributed by atoms with van der Waals surface area (Å²) in [6.07, 6.45) is 0. The van der Waals surface area contributed by atoms with E-state index in [1.54, 1.807) is 0 Å². The Balaban J connectivity index is 2.48. The van der Waals surface area contributed by atoms with Crippen molar-refractivity contribution in [1.29, 1.82) is 0 Å². The zero-order valence-electron chi connectivity index (χ0n) is 10.8. The maximum atomic E-state index is 11.2. The summed E-state index contributed by atoms with van der Waals surface area (Å²) in [4.78, 5) is 31.3. The summed E-state index contributed by atoms with van der Waals surface area (Å²) >= 11 is 0. The van der Waals surface area contributed by atoms with Gasteiger partial charge in [-0.2, -0.15) is 0 Å². The van der Waals surface area contributed by atoms with Gasteiger partial charge in [-0.25, -0.2) is 4.79 Å². The van der Waals surface area contributed by atoms with Crippen LogP contribution in [0.5, 0.6) is 11.5 Å². The molecule has 1 N–H and O–H groups in total. The van der Waals surface area contributed by atoms with Crippen LogP contribution in [0.3, 0.4) is 0 Å². The molecule has 0 aliphatic heterocycles. The molecule has 112 valence electrons. The minimum Gasteiger partial charge on any atom is -0.478 e. The molecule has 0 fully saturated rings. The van der Waals surface area contributed by atoms with Gasteiger partial charge in [0.05, 0.1) is 9.85 Å². The summed E-state index contributed by atoms with van der Waals surface area (Å²) in [6.45, 7) is 0. The standard InChI is InChI=1S/C13H8N2O7/c16-13(17)9-7-8(14(18)19)5-6-11(9)22-12-4-2-1-3-10(12)15(20)21/h1-7H,(H,16,17). The number of carboxylic acid groups (broad SMARTS) is 1. The first-order valence-corrected chi connectivity index (χ1v) is 5.83. The Morgan fingerprint density at radius 2 is 1.68 bits per heavy atom. The molecule has 0 aromatic heterocycles. The van der Waals surface area contributed by atoms with Crippen LogP contribution in [0, 0.1) is 20.2 Å². The molecule has 0 heterocycles. The third-order valence-electron chi connectivity index (χ3n) is 2.69. The average molecular weight is 304 g/mol. The first-order chi connectivity index (χ1) is 10.4. The Hall–Kier alpha value is -3.49. The van der Waals surface area contributed by atoms with Gasteiger partial charge >= 0.3 is 11.7 Å². The van der Waals surface area contributed by atoms with Crippen molar-refractivity contribution in [3.8, 4) is 11.5 Å². The van der Waals surface area contributed by atoms with Gasteiger partial charge in [0, 0.05) is 18.2 Å². The third kappa shape index (κ3) is 2.98. The van der Waals surface area contributed by atoms with Gasteiger partial charge in [0.2, 0.25) is 5.75 Å². The van der Waals surface area contributed by atoms with Gasteiger partial charge in [-0.15, -0.1) is 0 Å². The lowest BCUT2D eigenvalue weighted by molar-refractivity contribution is -0.385. The van der Waals surface area contributed by atoms with Gasteiger partial charge < -0.3 is 9.84 Å². The second kappa shape index (κ2) is 5.87. The predicted molar refractivity (Wildman–Crippen MR) is 73.2 cm³/mol. The molecule has 9 nitrogen and oxygen atoms in total. The molecule has 2 aromatic carbocycles. The van der Waals surface area contributed by atoms with Crippen LogP contribution in [-0.2, 0) is 0 Å². The first kappa shape index (κ1) is 14.9. The molecule has 0 saturated carbocycles. The molecular formula is C13H8N2O7. The van der Waals surface area contributed by atoms with Gasteiger partial charge in [0.15, 0.2) is 0 Å². The van der Waals surface area contributed by atoms with Crippen LogP contribution in [0.2, 0.25) is 0 Å². The van der Waals surface area contributed by atoms with Crippen molar-refractivity contribution in [3.63, 3.8) is 0 Å². The highest BCUT2D eigenvalue weighted by atomic mass is 16.6. The molecule has 0 radical (unpaired) electrons. The molecule has 0 aliphatic carbocycles. The number of carbonyl (C=O) groups is 1. The molecule has 0 saturated heterocycles. The lowest BCUT2D eigenvalue weighted by Crippen LogP contribution is -2.02. The Kier molecular flexibility index (Phi) is 3.98. The molecule has 0 aliphatic rings. The van der Waals surface area contributed by atoms with Crippen molar-refractivity contribution in [1.82, 2.24) is 0 Å². The number of para-hydroxylation sites is 2. The van der Waals surface area contributed by atoms with Crippen molar-refractivity contribution in [3.05, 3.63) is 68.3 Å². The molecule has 0 atom stereocenters. The number of hydrogen-bond acceptors (Lipinski definition) is 6. The van der Waals surface area contributed by atoms with E-state index >= 15 is 0 Å². The summed E-state index contributed by atoms with van der Waals surface area (Å²) in [5, 5.41) is 30.7. The lowest BCUT2D eigenvalue weighted by atomic mass is 10.2. The SMILES string of the molecule is O=C(O)c1cc([N+](=O)[O-])ccc1Oc1ccccc1[N+](=O)[O-]. The summed E-state index contributed by atoms with van der Waals surface area (Å²) < 4.78 is 5.25. The van der Waals surface area contributed by atoms with Crippen LogP contribution in [0.1, 0.15) is 10.4 Å². The number of benzene rings is 2. The maximum absolute atomic E-state index is 11.2. The third-order valence-corrected chi connectivity index (χ3v) is 2.69. The largest absolute Gasteiger partial charge is 0.478 e. The molecular weight excluding hydrogens is 296 g/mol. The van der Waals surface area contributed by atoms with E-state index in [1.807, 2.05) is 0 Å². The van der Waals surface area contributed by atoms with Crippen LogP contribution in [0.25, 0.3) is 0 Å². The second-order valence-electron chi connectivity index (χ2n) is 4.07. The molecule has 9 heteroatoms. The number of ether oxygens (including phenoxy) is 1. The van der Waals surface area contributed by atoms with Crippen molar-refractivity contribution < 1.29 is 24.5 Å². The summed E-state index contributed by atoms with van der Waals surface area (Å²) in [6, 6.07) is 8.36. The van der Waals surface area contributed by atoms with E-state index in [9.17, 15) is 25.0 Å². The van der Waals surface area contributed by atoms with E-state index in [0.29, 0.717) is 0 Å². The van der Waals surface area contributed by atoms with Gasteiger partial charge in [-0.05, 0) is 12.1 Å². The zero-order chi connectivity index (χ0) is 16.3. The quantitative estimate of drug-likeness (QED) is 0.662. The number of non-ortho nitro benzene ring substituents is 1. The number of carboxylic acids is 1. The minimum absolute atomic E-state index is 0.163. The highest BCUT2D eigenvalue weighted by molar-refractivity contribution is 5.91. The van der Waals surface area contributed by atoms with Crippen LogP contribution in [0.15, 0.2) is 42.5 Å². The number of nitrogens with zero attached hydrogens (tertiary/aromatic N) is 2. The Labute approximate surface area is 122 Å². The van der Waals surface area contributed by atoms with Crippen LogP contribution < -0.4 is 4.74 Å². The average Bonchev–Trinajstić information content (AvgIpc) is 2.47. The summed E-state index contributed by atoms with van der Waals surface area (Å²) in [7, 11) is 0. The van der Waals surface area contributed by atoms with Crippen molar-refractivity contribution >= 4 is 17.3 Å². The molecule has 0 amide bonds. The van der Waals surface area contributed by atoms with E-state index in [-0.39, 0.29) is 17.2 Å². The van der Waals surface area contributed by atoms with Crippen LogP contribution in [0.4, 0.5) is 11.4 Å². The number of rotatable bonds is 5. The topological polar surface area (TPSA) is 133 Å². The minimum atomic E-state index is -1.45. The zero-order valence-corrected chi connectivity index (χ0v) is 10.8. The van der Waals surface area contributed by atoms with Crippen molar-refractivity contribution in [2.24, 2.45) is 0 Å². The highest BCUT2D eigenvalue weighted by Crippen LogP contribution is 2.34. The molecule has 0 bridgehead atoms. The molecule has 0 unspecified atom stereocenters. The van der Waals surface area contributed by atoms with Crippen molar-refractivity contribution in [2.45, 2.75) is 0 Å². The summed E-state index contributed by atoms with van der Waals surface area (Å²) in [5.41, 5.74) is -1.24. The lowest BCUT2D eigenvalue weighted by Gasteiger charge is -2.08. The number of nitro groups is 2. The monoisotopic (exact) mass is 304 g/mol. The second-order valence-corrected chi connectivity index (χ2v) is 4.07. The van der Waals surface area contributed by atoms with Gasteiger partial charge in [0.25, 0.3) is 5.69 Å². The molecule has 0 spiro atoms. The van der Waals surface area contributed by atoms with Gasteiger partial charge in [-0.1, -0.05) is 12.1 Å². The summed E-state index contributed by atoms with van der Waals surface area (Å²) in [5.74, 6) is -1.84. The number of aromatic carboxylic acids is 1. The normalized spacial score (nSPS) is 10.0. The fourth-order valence-electron chi connectivity index (χ4n) is 1.70. The molecule has 2 aromatic rings. The Bertz CT molecular complexity index is 773. The van der Waals surface area contributed by atoms with E-state index in [0.717, 1.165) is 18.2 Å². The Morgan fingerprint density at radius 3 is 2.27 bits per heavy atom. The Morgan fingerprint density at radius 1 is 1.00 bits per heavy atom. The van der Waals surface area contributed by atoms with Crippen molar-refractivity contribution in [2.75, 3.05) is 0 Å². The van der Waals surface area contributed by atoms with E-state index < -0.39 is 27.1 Å². The van der Waals surface area contributed by atoms with E-state index in [1.165, 1.54) is 24.3 Å². The fourth-order valence-corrected chi connectivity index (χ4v) is 1.70. The first-order valence-electron chi connectivity index (χ1n) is 5.83. The van der Waals surface area contributed by atoms with Gasteiger partial charge in [-0.3, -0.25) is 20.2 Å². The predicted octanol–water partition coefficient (Wildman–Crippen LogP) is 2.99. The fraction of sp³-hybridized carbons (Fsp3) is 0. The maximum Gasteiger partial charge on any atom is 0.339 e. The van der Waals surface area contributed by atoms with Crippen LogP contribution >= 0.6 is 0 Å². The highest BCUT2D eigenvalue weighted by Gasteiger charge is 2.21. The van der Waals surface area contributed by atoms with E-state index in [4.69, 9.17) is 9.84 Å². The molecule has 2 rings (SSSR count). The van der Waals surface area contributed by atoms with Gasteiger partial charge in [0.1, 0.15) is 11.3 Å². The number of nitro benzene ring substituents is 2. The van der Waals surface area contributed by atoms with E-state index in [2.05, 4.69) is 0 Å². The molecule has 22 heavy (non-hydrogen) atoms.